The number of nitro groups is 3. The van der Waals surface area contributed by atoms with Crippen molar-refractivity contribution >= 4 is 28.9 Å². The van der Waals surface area contributed by atoms with E-state index in [2.05, 4.69) is 12.7 Å². The highest BCUT2D eigenvalue weighted by molar-refractivity contribution is 6.03. The molecule has 1 saturated carbocycles. The predicted molar refractivity (Wildman–Crippen MR) is 260 cm³/mol. The van der Waals surface area contributed by atoms with Gasteiger partial charge in [0.1, 0.15) is 35.6 Å². The van der Waals surface area contributed by atoms with Gasteiger partial charge in [-0.2, -0.15) is 0 Å². The lowest BCUT2D eigenvalue weighted by Crippen LogP contribution is -2.70. The first kappa shape index (κ1) is 52.5. The molecule has 0 spiro atoms. The molecule has 21 heteroatoms. The molecule has 382 valence electrons. The van der Waals surface area contributed by atoms with E-state index < -0.39 is 44.5 Å². The highest BCUT2D eigenvalue weighted by Crippen LogP contribution is 2.62. The van der Waals surface area contributed by atoms with Gasteiger partial charge in [0.05, 0.1) is 58.9 Å². The maximum atomic E-state index is 14.9. The van der Waals surface area contributed by atoms with Crippen LogP contribution in [0, 0.1) is 48.1 Å². The van der Waals surface area contributed by atoms with Crippen LogP contribution in [0.5, 0.6) is 23.0 Å². The second-order valence-corrected chi connectivity index (χ2v) is 17.5. The van der Waals surface area contributed by atoms with Gasteiger partial charge in [-0.3, -0.25) is 35.2 Å². The number of ether oxygens (including phenoxy) is 5. The van der Waals surface area contributed by atoms with Gasteiger partial charge in [-0.1, -0.05) is 36.2 Å². The molecule has 1 amide bonds. The lowest BCUT2D eigenvalue weighted by Gasteiger charge is -2.59. The molecule has 21 nitrogen and oxygen atoms in total. The minimum Gasteiger partial charge on any atom is -0.459 e. The summed E-state index contributed by atoms with van der Waals surface area (Å²) in [6.45, 7) is 3.17. The van der Waals surface area contributed by atoms with E-state index in [9.17, 15) is 50.5 Å². The number of rotatable bonds is 26. The third-order valence-electron chi connectivity index (χ3n) is 13.0. The van der Waals surface area contributed by atoms with Crippen LogP contribution in [0.3, 0.4) is 0 Å². The van der Waals surface area contributed by atoms with Crippen molar-refractivity contribution in [2.75, 3.05) is 46.2 Å². The zero-order chi connectivity index (χ0) is 51.2. The van der Waals surface area contributed by atoms with Crippen molar-refractivity contribution in [1.82, 2.24) is 4.90 Å². The van der Waals surface area contributed by atoms with E-state index in [0.29, 0.717) is 72.4 Å². The van der Waals surface area contributed by atoms with Crippen LogP contribution in [0.15, 0.2) is 120 Å². The zero-order valence-electron chi connectivity index (χ0n) is 39.4. The molecule has 6 atom stereocenters. The summed E-state index contributed by atoms with van der Waals surface area (Å²) in [5.41, 5.74) is 1.90. The molecule has 3 aliphatic rings. The number of oxime groups is 1. The number of unbranched alkanes of at least 4 members (excludes halogenated alkanes) is 2. The van der Waals surface area contributed by atoms with Crippen LogP contribution in [0.4, 0.5) is 21.9 Å². The van der Waals surface area contributed by atoms with Crippen LogP contribution in [0.2, 0.25) is 0 Å². The predicted octanol–water partition coefficient (Wildman–Crippen LogP) is 8.55. The number of hydrogen-bond acceptors (Lipinski definition) is 17. The highest BCUT2D eigenvalue weighted by atomic mass is 16.7. The van der Waals surface area contributed by atoms with Crippen molar-refractivity contribution in [2.24, 2.45) is 22.9 Å². The Morgan fingerprint density at radius 3 is 2.14 bits per heavy atom. The van der Waals surface area contributed by atoms with Crippen molar-refractivity contribution < 1.29 is 63.4 Å². The quantitative estimate of drug-likeness (QED) is 0.0230. The van der Waals surface area contributed by atoms with Gasteiger partial charge in [0.15, 0.2) is 0 Å². The first-order valence-corrected chi connectivity index (χ1v) is 23.7. The van der Waals surface area contributed by atoms with Gasteiger partial charge in [0.2, 0.25) is 5.79 Å². The fraction of sp³-hybridized carbons (Fsp3) is 0.412. The number of nitro benzene ring substituents is 3. The Labute approximate surface area is 414 Å². The van der Waals surface area contributed by atoms with Crippen molar-refractivity contribution in [1.29, 1.82) is 0 Å². The number of amides is 1. The highest BCUT2D eigenvalue weighted by Gasteiger charge is 2.65. The van der Waals surface area contributed by atoms with Gasteiger partial charge < -0.3 is 43.8 Å². The average Bonchev–Trinajstić information content (AvgIpc) is 3.37. The lowest BCUT2D eigenvalue weighted by atomic mass is 9.55. The molecule has 1 fully saturated rings. The molecule has 4 aromatic rings. The van der Waals surface area contributed by atoms with Gasteiger partial charge in [0, 0.05) is 68.0 Å². The second-order valence-electron chi connectivity index (χ2n) is 17.5. The Kier molecular flexibility index (Phi) is 18.0. The Hall–Kier alpha value is -7.30. The molecule has 0 bridgehead atoms. The number of aliphatic hydroxyl groups excluding tert-OH is 3. The van der Waals surface area contributed by atoms with Crippen LogP contribution in [0.25, 0.3) is 0 Å². The summed E-state index contributed by atoms with van der Waals surface area (Å²) in [6, 6.07) is 20.8. The van der Waals surface area contributed by atoms with Crippen molar-refractivity contribution in [2.45, 2.75) is 69.3 Å². The molecule has 2 aliphatic carbocycles. The number of hydrogen-bond donors (Lipinski definition) is 3. The van der Waals surface area contributed by atoms with E-state index in [1.54, 1.807) is 36.4 Å². The third-order valence-corrected chi connectivity index (χ3v) is 13.0. The number of carbonyl (C=O) groups is 1. The van der Waals surface area contributed by atoms with Crippen molar-refractivity contribution in [3.63, 3.8) is 0 Å². The van der Waals surface area contributed by atoms with Crippen LogP contribution in [-0.2, 0) is 20.9 Å². The smallest absolute Gasteiger partial charge is 0.415 e. The number of nitrogens with zero attached hydrogens (tertiary/aromatic N) is 5. The standard InChI is InChI=1S/C51H57N5O16/c1-2-26-68-51-47(53(22-27-67-28-25-59)50(60)71-39-18-16-37(17-19-39)55(63)64)32-45(52-69-33-34-12-14-36(15-13-34)54(61)62)43-29-35(8-3-5-23-57)42(11-4-6-24-58)48(49(43)51)44-31-41(20-21-46(44)72-51)70-40-10-7-9-38(30-40)56(65)66/h2,7,9-10,12-21,29-31,35,42,47-49,57-59H,1,3-6,8,11,22-28,32-33H2. The van der Waals surface area contributed by atoms with E-state index in [4.69, 9.17) is 33.7 Å². The molecule has 3 N–H and O–H groups in total. The lowest BCUT2D eigenvalue weighted by molar-refractivity contribution is -0.385. The molecular weight excluding hydrogens is 939 g/mol. The maximum Gasteiger partial charge on any atom is 0.415 e. The number of benzene rings is 4. The van der Waals surface area contributed by atoms with Gasteiger partial charge in [-0.25, -0.2) is 4.79 Å². The molecular formula is C51H57N5O16. The van der Waals surface area contributed by atoms with Gasteiger partial charge in [-0.15, -0.1) is 6.58 Å². The Morgan fingerprint density at radius 1 is 0.806 bits per heavy atom. The molecule has 6 unspecified atom stereocenters. The van der Waals surface area contributed by atoms with E-state index in [0.717, 1.165) is 0 Å². The maximum absolute atomic E-state index is 14.9. The van der Waals surface area contributed by atoms with Crippen LogP contribution >= 0.6 is 0 Å². The number of carbonyl (C=O) groups excluding carboxylic acids is 1. The Morgan fingerprint density at radius 2 is 1.47 bits per heavy atom. The van der Waals surface area contributed by atoms with E-state index >= 15 is 0 Å². The zero-order valence-corrected chi connectivity index (χ0v) is 39.4. The summed E-state index contributed by atoms with van der Waals surface area (Å²) in [7, 11) is 0. The van der Waals surface area contributed by atoms with E-state index in [1.807, 2.05) is 6.07 Å². The second kappa shape index (κ2) is 24.7. The van der Waals surface area contributed by atoms with Gasteiger partial charge in [0.25, 0.3) is 17.1 Å². The Bertz CT molecular complexity index is 2610. The first-order chi connectivity index (χ1) is 34.9. The summed E-state index contributed by atoms with van der Waals surface area (Å²) in [6.07, 6.45) is 6.32. The normalized spacial score (nSPS) is 21.3. The minimum atomic E-state index is -1.76. The van der Waals surface area contributed by atoms with E-state index in [1.165, 1.54) is 59.5 Å². The fourth-order valence-corrected chi connectivity index (χ4v) is 9.91. The number of non-ortho nitro benzene ring substituents is 3. The number of fused-ring (bicyclic) bond motifs is 2. The molecule has 1 aliphatic heterocycles. The van der Waals surface area contributed by atoms with Crippen LogP contribution in [0.1, 0.15) is 62.0 Å². The van der Waals surface area contributed by atoms with Gasteiger partial charge in [-0.05, 0) is 97.2 Å². The molecule has 72 heavy (non-hydrogen) atoms. The van der Waals surface area contributed by atoms with E-state index in [-0.39, 0.29) is 99.6 Å². The molecule has 1 heterocycles. The number of allylic oxidation sites excluding steroid dienone is 1. The summed E-state index contributed by atoms with van der Waals surface area (Å²) in [4.78, 5) is 55.4. The monoisotopic (exact) mass is 995 g/mol. The van der Waals surface area contributed by atoms with Gasteiger partial charge >= 0.3 is 6.09 Å². The summed E-state index contributed by atoms with van der Waals surface area (Å²) < 4.78 is 32.3. The summed E-state index contributed by atoms with van der Waals surface area (Å²) in [5, 5.41) is 69.0. The van der Waals surface area contributed by atoms with Crippen molar-refractivity contribution in [3.05, 3.63) is 157 Å². The molecule has 4 aromatic carbocycles. The molecule has 0 radical (unpaired) electrons. The average molecular weight is 996 g/mol. The van der Waals surface area contributed by atoms with Crippen LogP contribution < -0.4 is 14.2 Å². The SMILES string of the molecule is C=CCOC12Oc3ccc(Oc4cccc([N+](=O)[O-])c4)cc3C3C(CCCCO)C(CCCCO)C=C(C(=NOCc4ccc([N+](=O)[O-])cc4)CC1N(CCOCCO)C(=O)Oc1ccc([N+](=O)[O-])cc1)C32. The van der Waals surface area contributed by atoms with Crippen LogP contribution in [-0.4, -0.2) is 105 Å². The largest absolute Gasteiger partial charge is 0.459 e. The summed E-state index contributed by atoms with van der Waals surface area (Å²) >= 11 is 0. The number of aliphatic hydroxyl groups is 3. The first-order valence-electron chi connectivity index (χ1n) is 23.7. The van der Waals surface area contributed by atoms with Crippen molar-refractivity contribution in [3.8, 4) is 23.0 Å². The molecule has 7 rings (SSSR count). The molecule has 0 saturated heterocycles. The topological polar surface area (TPSA) is 278 Å². The summed E-state index contributed by atoms with van der Waals surface area (Å²) in [5.74, 6) is -2.45. The third kappa shape index (κ3) is 12.2. The Balaban J connectivity index is 1.43. The molecule has 0 aromatic heterocycles. The fourth-order valence-electron chi connectivity index (χ4n) is 9.91. The minimum absolute atomic E-state index is 0.000972.